The molecule has 0 saturated carbocycles. The first kappa shape index (κ1) is 28.3. The first-order chi connectivity index (χ1) is 16.6. The summed E-state index contributed by atoms with van der Waals surface area (Å²) in [6.07, 6.45) is 14.3. The Morgan fingerprint density at radius 1 is 0.943 bits per heavy atom. The fourth-order valence-electron chi connectivity index (χ4n) is 6.28. The number of anilines is 2. The quantitative estimate of drug-likeness (QED) is 0.360. The van der Waals surface area contributed by atoms with Gasteiger partial charge in [0, 0.05) is 63.3 Å². The van der Waals surface area contributed by atoms with E-state index >= 15 is 0 Å². The maximum atomic E-state index is 5.62. The maximum Gasteiger partial charge on any atom is 0.0605 e. The Bertz CT molecular complexity index is 806. The van der Waals surface area contributed by atoms with Crippen molar-refractivity contribution >= 4 is 29.4 Å². The van der Waals surface area contributed by atoms with Gasteiger partial charge in [0.1, 0.15) is 0 Å². The van der Waals surface area contributed by atoms with Gasteiger partial charge >= 0.3 is 0 Å². The second-order valence-electron chi connectivity index (χ2n) is 10.9. The summed E-state index contributed by atoms with van der Waals surface area (Å²) in [6.45, 7) is 15.2. The van der Waals surface area contributed by atoms with Crippen molar-refractivity contribution in [3.05, 3.63) is 29.8 Å². The highest BCUT2D eigenvalue weighted by molar-refractivity contribution is 5.85. The van der Waals surface area contributed by atoms with Crippen molar-refractivity contribution in [3.63, 3.8) is 0 Å². The predicted octanol–water partition coefficient (Wildman–Crippen LogP) is 7.02. The van der Waals surface area contributed by atoms with E-state index in [0.717, 1.165) is 39.0 Å². The lowest BCUT2D eigenvalue weighted by Crippen LogP contribution is -2.47. The molecule has 4 rings (SSSR count). The van der Waals surface area contributed by atoms with Crippen molar-refractivity contribution in [3.8, 4) is 0 Å². The van der Waals surface area contributed by atoms with Gasteiger partial charge in [-0.15, -0.1) is 12.4 Å². The van der Waals surface area contributed by atoms with Crippen molar-refractivity contribution in [2.24, 2.45) is 5.41 Å². The SMILES string of the molecule is CCCCN1CCN(c2ccc(N3CCC(OC)CC3)cc2C2=CCC(CC)(CC)CC2)CC1.Cl. The number of benzene rings is 1. The second-order valence-corrected chi connectivity index (χ2v) is 10.9. The van der Waals surface area contributed by atoms with Gasteiger partial charge in [-0.3, -0.25) is 4.90 Å². The molecular formula is C30H50ClN3O. The van der Waals surface area contributed by atoms with E-state index < -0.39 is 0 Å². The molecule has 3 aliphatic rings. The van der Waals surface area contributed by atoms with Crippen LogP contribution < -0.4 is 9.80 Å². The van der Waals surface area contributed by atoms with Crippen LogP contribution in [0, 0.1) is 5.41 Å². The molecule has 0 atom stereocenters. The second kappa shape index (κ2) is 13.4. The molecule has 35 heavy (non-hydrogen) atoms. The average molecular weight is 504 g/mol. The van der Waals surface area contributed by atoms with E-state index in [1.54, 1.807) is 5.57 Å². The van der Waals surface area contributed by atoms with E-state index in [-0.39, 0.29) is 12.4 Å². The number of hydrogen-bond donors (Lipinski definition) is 0. The molecule has 2 fully saturated rings. The molecule has 5 heteroatoms. The Balaban J connectivity index is 0.00000342. The number of piperazine rings is 1. The summed E-state index contributed by atoms with van der Waals surface area (Å²) >= 11 is 0. The van der Waals surface area contributed by atoms with Gasteiger partial charge in [-0.2, -0.15) is 0 Å². The van der Waals surface area contributed by atoms with Gasteiger partial charge in [0.15, 0.2) is 0 Å². The fraction of sp³-hybridized carbons (Fsp3) is 0.733. The summed E-state index contributed by atoms with van der Waals surface area (Å²) in [6, 6.07) is 7.36. The van der Waals surface area contributed by atoms with Crippen molar-refractivity contribution < 1.29 is 4.74 Å². The molecule has 0 bridgehead atoms. The minimum absolute atomic E-state index is 0. The number of unbranched alkanes of at least 4 members (excludes halogenated alkanes) is 1. The zero-order chi connectivity index (χ0) is 24.0. The molecule has 2 saturated heterocycles. The Labute approximate surface area is 221 Å². The molecule has 0 unspecified atom stereocenters. The van der Waals surface area contributed by atoms with Crippen LogP contribution in [0.15, 0.2) is 24.3 Å². The lowest BCUT2D eigenvalue weighted by atomic mass is 9.70. The Hall–Kier alpha value is -1.23. The standard InChI is InChI=1S/C30H49N3O.ClH/c1-5-8-17-31-20-22-33(23-21-31)29-10-9-26(32-18-13-27(34-4)14-19-32)24-28(29)25-11-15-30(6-2,7-3)16-12-25;/h9-11,24,27H,5-8,12-23H2,1-4H3;1H. The predicted molar refractivity (Wildman–Crippen MR) is 154 cm³/mol. The van der Waals surface area contributed by atoms with Crippen molar-refractivity contribution in [1.82, 2.24) is 4.90 Å². The topological polar surface area (TPSA) is 19.0 Å². The van der Waals surface area contributed by atoms with Crippen LogP contribution >= 0.6 is 12.4 Å². The normalized spacial score (nSPS) is 21.5. The molecule has 4 nitrogen and oxygen atoms in total. The third-order valence-corrected chi connectivity index (χ3v) is 9.21. The van der Waals surface area contributed by atoms with Crippen molar-refractivity contribution in [2.75, 3.05) is 62.7 Å². The van der Waals surface area contributed by atoms with Crippen LogP contribution in [0.4, 0.5) is 11.4 Å². The maximum absolute atomic E-state index is 5.62. The third kappa shape index (κ3) is 6.76. The number of methoxy groups -OCH3 is 1. The van der Waals surface area contributed by atoms with Crippen LogP contribution in [0.2, 0.25) is 0 Å². The fourth-order valence-corrected chi connectivity index (χ4v) is 6.28. The Kier molecular flexibility index (Phi) is 10.8. The molecule has 0 aromatic heterocycles. The molecule has 1 aromatic rings. The number of allylic oxidation sites excluding steroid dienone is 2. The molecule has 1 aromatic carbocycles. The summed E-state index contributed by atoms with van der Waals surface area (Å²) < 4.78 is 5.62. The largest absolute Gasteiger partial charge is 0.381 e. The lowest BCUT2D eigenvalue weighted by Gasteiger charge is -2.39. The van der Waals surface area contributed by atoms with Gasteiger partial charge < -0.3 is 14.5 Å². The van der Waals surface area contributed by atoms with Gasteiger partial charge in [-0.05, 0) is 74.3 Å². The van der Waals surface area contributed by atoms with E-state index in [1.807, 2.05) is 7.11 Å². The van der Waals surface area contributed by atoms with Gasteiger partial charge in [0.2, 0.25) is 0 Å². The third-order valence-electron chi connectivity index (χ3n) is 9.21. The first-order valence-electron chi connectivity index (χ1n) is 14.2. The van der Waals surface area contributed by atoms with E-state index in [4.69, 9.17) is 4.74 Å². The molecule has 0 spiro atoms. The number of halogens is 1. The highest BCUT2D eigenvalue weighted by Crippen LogP contribution is 2.45. The minimum atomic E-state index is 0. The zero-order valence-electron chi connectivity index (χ0n) is 22.9. The van der Waals surface area contributed by atoms with Crippen molar-refractivity contribution in [2.45, 2.75) is 84.7 Å². The zero-order valence-corrected chi connectivity index (χ0v) is 23.7. The van der Waals surface area contributed by atoms with E-state index in [1.165, 1.54) is 81.5 Å². The highest BCUT2D eigenvalue weighted by atomic mass is 35.5. The molecule has 0 amide bonds. The number of rotatable bonds is 9. The van der Waals surface area contributed by atoms with E-state index in [9.17, 15) is 0 Å². The van der Waals surface area contributed by atoms with E-state index in [0.29, 0.717) is 11.5 Å². The molecule has 0 radical (unpaired) electrons. The number of piperidine rings is 1. The molecule has 2 heterocycles. The van der Waals surface area contributed by atoms with Crippen LogP contribution in [-0.2, 0) is 4.74 Å². The van der Waals surface area contributed by atoms with Gasteiger partial charge in [0.05, 0.1) is 6.10 Å². The van der Waals surface area contributed by atoms with Crippen LogP contribution in [0.1, 0.15) is 84.1 Å². The summed E-state index contributed by atoms with van der Waals surface area (Å²) in [5.41, 5.74) is 6.49. The molecule has 2 aliphatic heterocycles. The number of ether oxygens (including phenoxy) is 1. The Morgan fingerprint density at radius 3 is 2.23 bits per heavy atom. The van der Waals surface area contributed by atoms with E-state index in [2.05, 4.69) is 59.7 Å². The number of hydrogen-bond acceptors (Lipinski definition) is 4. The molecule has 0 N–H and O–H groups in total. The van der Waals surface area contributed by atoms with Gasteiger partial charge in [0.25, 0.3) is 0 Å². The monoisotopic (exact) mass is 503 g/mol. The number of nitrogens with zero attached hydrogens (tertiary/aromatic N) is 3. The minimum Gasteiger partial charge on any atom is -0.381 e. The summed E-state index contributed by atoms with van der Waals surface area (Å²) in [5, 5.41) is 0. The summed E-state index contributed by atoms with van der Waals surface area (Å²) in [5.74, 6) is 0. The smallest absolute Gasteiger partial charge is 0.0605 e. The van der Waals surface area contributed by atoms with Crippen LogP contribution in [-0.4, -0.2) is 63.9 Å². The van der Waals surface area contributed by atoms with Crippen LogP contribution in [0.3, 0.4) is 0 Å². The van der Waals surface area contributed by atoms with Gasteiger partial charge in [-0.25, -0.2) is 0 Å². The van der Waals surface area contributed by atoms with Gasteiger partial charge in [-0.1, -0.05) is 46.1 Å². The highest BCUT2D eigenvalue weighted by Gasteiger charge is 2.30. The Morgan fingerprint density at radius 2 is 1.66 bits per heavy atom. The lowest BCUT2D eigenvalue weighted by molar-refractivity contribution is 0.0819. The van der Waals surface area contributed by atoms with Crippen LogP contribution in [0.25, 0.3) is 5.57 Å². The molecule has 1 aliphatic carbocycles. The average Bonchev–Trinajstić information content (AvgIpc) is 2.92. The summed E-state index contributed by atoms with van der Waals surface area (Å²) in [4.78, 5) is 7.91. The summed E-state index contributed by atoms with van der Waals surface area (Å²) in [7, 11) is 1.86. The van der Waals surface area contributed by atoms with Crippen LogP contribution in [0.5, 0.6) is 0 Å². The van der Waals surface area contributed by atoms with Crippen molar-refractivity contribution in [1.29, 1.82) is 0 Å². The molecular weight excluding hydrogens is 454 g/mol. The molecule has 198 valence electrons. The first-order valence-corrected chi connectivity index (χ1v) is 14.2.